The second-order valence-electron chi connectivity index (χ2n) is 2.50. The van der Waals surface area contributed by atoms with E-state index in [0.29, 0.717) is 0 Å². The minimum atomic E-state index is 0. The number of allylic oxidation sites excluding steroid dienone is 8. The fourth-order valence-corrected chi connectivity index (χ4v) is 0.834. The topological polar surface area (TPSA) is 0 Å². The molecule has 0 N–H and O–H groups in total. The van der Waals surface area contributed by atoms with Crippen LogP contribution >= 0.6 is 0 Å². The summed E-state index contributed by atoms with van der Waals surface area (Å²) in [4.78, 5) is 0. The third kappa shape index (κ3) is 7.66. The molecule has 70 valence electrons. The standard InChI is InChI=1S/C8H8.C5H5.Ti/c1-2-4-6-8-7-5-3-1;1-2-4-5-3-1;/h1-8H;1-5H;/q;-1;. The largest absolute Gasteiger partial charge is 0.214 e. The van der Waals surface area contributed by atoms with Crippen molar-refractivity contribution in [3.05, 3.63) is 78.9 Å². The molecule has 1 aliphatic rings. The van der Waals surface area contributed by atoms with Crippen LogP contribution < -0.4 is 0 Å². The summed E-state index contributed by atoms with van der Waals surface area (Å²) in [5.41, 5.74) is 0. The first kappa shape index (κ1) is 13.0. The number of rotatable bonds is 0. The maximum absolute atomic E-state index is 2.00. The Morgan fingerprint density at radius 1 is 0.500 bits per heavy atom. The van der Waals surface area contributed by atoms with E-state index in [4.69, 9.17) is 0 Å². The van der Waals surface area contributed by atoms with E-state index in [2.05, 4.69) is 0 Å². The summed E-state index contributed by atoms with van der Waals surface area (Å²) >= 11 is 0. The molecule has 1 aliphatic carbocycles. The average molecular weight is 217 g/mol. The molecule has 1 aromatic carbocycles. The Morgan fingerprint density at radius 2 is 0.786 bits per heavy atom. The molecule has 0 aliphatic heterocycles. The van der Waals surface area contributed by atoms with Gasteiger partial charge in [0.15, 0.2) is 0 Å². The van der Waals surface area contributed by atoms with Crippen molar-refractivity contribution in [3.8, 4) is 0 Å². The van der Waals surface area contributed by atoms with Crippen LogP contribution in [0.25, 0.3) is 0 Å². The normalized spacial score (nSPS) is 12.0. The van der Waals surface area contributed by atoms with Gasteiger partial charge in [0.2, 0.25) is 0 Å². The Balaban J connectivity index is 0.000000246. The maximum atomic E-state index is 2.00. The molecule has 14 heavy (non-hydrogen) atoms. The molecule has 0 aromatic heterocycles. The first-order valence-corrected chi connectivity index (χ1v) is 4.33. The molecular weight excluding hydrogens is 204 g/mol. The third-order valence-electron chi connectivity index (χ3n) is 1.44. The van der Waals surface area contributed by atoms with E-state index in [9.17, 15) is 0 Å². The summed E-state index contributed by atoms with van der Waals surface area (Å²) < 4.78 is 0. The van der Waals surface area contributed by atoms with Gasteiger partial charge in [-0.3, -0.25) is 0 Å². The van der Waals surface area contributed by atoms with Crippen molar-refractivity contribution >= 4 is 0 Å². The predicted octanol–water partition coefficient (Wildman–Crippen LogP) is 3.63. The van der Waals surface area contributed by atoms with Crippen molar-refractivity contribution in [2.45, 2.75) is 0 Å². The summed E-state index contributed by atoms with van der Waals surface area (Å²) in [6, 6.07) is 10.0. The summed E-state index contributed by atoms with van der Waals surface area (Å²) in [6.07, 6.45) is 16.0. The molecule has 0 unspecified atom stereocenters. The summed E-state index contributed by atoms with van der Waals surface area (Å²) in [5.74, 6) is 0. The van der Waals surface area contributed by atoms with Gasteiger partial charge in [0.05, 0.1) is 0 Å². The van der Waals surface area contributed by atoms with E-state index in [0.717, 1.165) is 0 Å². The predicted molar refractivity (Wildman–Crippen MR) is 58.6 cm³/mol. The van der Waals surface area contributed by atoms with Gasteiger partial charge in [0.1, 0.15) is 0 Å². The van der Waals surface area contributed by atoms with Crippen LogP contribution in [-0.4, -0.2) is 0 Å². The zero-order valence-corrected chi connectivity index (χ0v) is 9.57. The molecule has 0 atom stereocenters. The van der Waals surface area contributed by atoms with Crippen molar-refractivity contribution < 1.29 is 21.7 Å². The van der Waals surface area contributed by atoms with E-state index in [1.165, 1.54) is 0 Å². The van der Waals surface area contributed by atoms with Crippen LogP contribution in [0.2, 0.25) is 0 Å². The number of hydrogen-bond acceptors (Lipinski definition) is 0. The molecule has 1 heteroatoms. The first-order valence-electron chi connectivity index (χ1n) is 4.33. The molecule has 0 fully saturated rings. The first-order chi connectivity index (χ1) is 6.50. The molecule has 0 amide bonds. The van der Waals surface area contributed by atoms with Crippen LogP contribution in [0.5, 0.6) is 0 Å². The Bertz CT molecular complexity index is 227. The van der Waals surface area contributed by atoms with Gasteiger partial charge >= 0.3 is 0 Å². The fraction of sp³-hybridized carbons (Fsp3) is 0. The maximum Gasteiger partial charge on any atom is 0 e. The van der Waals surface area contributed by atoms with Crippen molar-refractivity contribution in [1.82, 2.24) is 0 Å². The zero-order valence-electron chi connectivity index (χ0n) is 8.01. The molecule has 0 saturated heterocycles. The number of hydrogen-bond donors (Lipinski definition) is 0. The van der Waals surface area contributed by atoms with Crippen LogP contribution in [0.15, 0.2) is 78.9 Å². The van der Waals surface area contributed by atoms with Crippen molar-refractivity contribution in [2.24, 2.45) is 0 Å². The van der Waals surface area contributed by atoms with Crippen LogP contribution in [0.3, 0.4) is 0 Å². The van der Waals surface area contributed by atoms with Gasteiger partial charge in [0, 0.05) is 21.7 Å². The summed E-state index contributed by atoms with van der Waals surface area (Å²) in [7, 11) is 0. The monoisotopic (exact) mass is 217 g/mol. The quantitative estimate of drug-likeness (QED) is 0.459. The van der Waals surface area contributed by atoms with E-state index in [-0.39, 0.29) is 21.7 Å². The Kier molecular flexibility index (Phi) is 9.40. The second kappa shape index (κ2) is 10.1. The van der Waals surface area contributed by atoms with Gasteiger partial charge < -0.3 is 0 Å². The summed E-state index contributed by atoms with van der Waals surface area (Å²) in [5, 5.41) is 0. The Morgan fingerprint density at radius 3 is 0.929 bits per heavy atom. The molecule has 0 heterocycles. The van der Waals surface area contributed by atoms with Gasteiger partial charge in [-0.1, -0.05) is 48.6 Å². The Hall–Kier alpha value is -0.976. The third-order valence-corrected chi connectivity index (χ3v) is 1.44. The Labute approximate surface area is 101 Å². The minimum absolute atomic E-state index is 0. The summed E-state index contributed by atoms with van der Waals surface area (Å²) in [6.45, 7) is 0. The van der Waals surface area contributed by atoms with Gasteiger partial charge in [-0.15, -0.1) is 0 Å². The molecule has 1 aromatic rings. The van der Waals surface area contributed by atoms with Crippen molar-refractivity contribution in [1.29, 1.82) is 0 Å². The second-order valence-corrected chi connectivity index (χ2v) is 2.50. The fourth-order valence-electron chi connectivity index (χ4n) is 0.834. The molecule has 2 rings (SSSR count). The smallest absolute Gasteiger partial charge is 0 e. The van der Waals surface area contributed by atoms with Crippen LogP contribution in [-0.2, 0) is 21.7 Å². The molecular formula is C13H13Ti-. The van der Waals surface area contributed by atoms with Gasteiger partial charge in [0.25, 0.3) is 0 Å². The van der Waals surface area contributed by atoms with E-state index in [1.807, 2.05) is 78.9 Å². The molecule has 0 nitrogen and oxygen atoms in total. The van der Waals surface area contributed by atoms with Gasteiger partial charge in [-0.2, -0.15) is 18.2 Å². The molecule has 0 spiro atoms. The van der Waals surface area contributed by atoms with E-state index in [1.54, 1.807) is 0 Å². The van der Waals surface area contributed by atoms with Crippen LogP contribution in [0.4, 0.5) is 0 Å². The van der Waals surface area contributed by atoms with E-state index >= 15 is 0 Å². The van der Waals surface area contributed by atoms with Gasteiger partial charge in [-0.25, -0.2) is 12.1 Å². The average Bonchev–Trinajstić information content (AvgIpc) is 2.58. The molecule has 0 saturated carbocycles. The molecule has 0 radical (unpaired) electrons. The molecule has 0 bridgehead atoms. The van der Waals surface area contributed by atoms with E-state index < -0.39 is 0 Å². The van der Waals surface area contributed by atoms with Crippen LogP contribution in [0, 0.1) is 0 Å². The SMILES string of the molecule is C1=CC=CC=CC=C1.[Ti].c1cc[cH-]c1. The van der Waals surface area contributed by atoms with Crippen molar-refractivity contribution in [2.75, 3.05) is 0 Å². The van der Waals surface area contributed by atoms with Gasteiger partial charge in [-0.05, 0) is 0 Å². The minimum Gasteiger partial charge on any atom is -0.214 e. The zero-order chi connectivity index (χ0) is 9.19. The van der Waals surface area contributed by atoms with Crippen LogP contribution in [0.1, 0.15) is 0 Å². The van der Waals surface area contributed by atoms with Crippen molar-refractivity contribution in [3.63, 3.8) is 0 Å².